The Balaban J connectivity index is -0.000000173. The van der Waals surface area contributed by atoms with Gasteiger partial charge >= 0.3 is 28.3 Å². The van der Waals surface area contributed by atoms with Crippen molar-refractivity contribution in [1.29, 1.82) is 0 Å². The molecule has 0 aliphatic carbocycles. The number of carboxylic acid groups (broad SMARTS) is 2. The van der Waals surface area contributed by atoms with Crippen LogP contribution in [0.4, 0.5) is 0 Å². The Labute approximate surface area is 176 Å². The van der Waals surface area contributed by atoms with Crippen molar-refractivity contribution in [3.63, 3.8) is 0 Å². The van der Waals surface area contributed by atoms with Crippen LogP contribution in [0.25, 0.3) is 0 Å². The van der Waals surface area contributed by atoms with Crippen molar-refractivity contribution in [2.24, 2.45) is 10.8 Å². The smallest absolute Gasteiger partial charge is 0.550 e. The minimum Gasteiger partial charge on any atom is -0.550 e. The maximum Gasteiger partial charge on any atom is 1.00 e. The van der Waals surface area contributed by atoms with E-state index in [9.17, 15) is 14.7 Å². The molecule has 0 aliphatic heterocycles. The molecule has 0 radical (unpaired) electrons. The third kappa shape index (κ3) is 38.9. The van der Waals surface area contributed by atoms with Crippen molar-refractivity contribution in [2.45, 2.75) is 106 Å². The van der Waals surface area contributed by atoms with Gasteiger partial charge in [-0.2, -0.15) is 0 Å². The summed E-state index contributed by atoms with van der Waals surface area (Å²) in [5, 5.41) is 18.4. The van der Waals surface area contributed by atoms with Crippen molar-refractivity contribution in [2.75, 3.05) is 0 Å². The molecule has 6 heteroatoms. The number of carbonyl (C=O) groups excluding carboxylic acids is 1. The predicted molar refractivity (Wildman–Crippen MR) is 103 cm³/mol. The zero-order valence-electron chi connectivity index (χ0n) is 17.6. The molecule has 0 amide bonds. The van der Waals surface area contributed by atoms with Gasteiger partial charge in [0.05, 0.1) is 0 Å². The van der Waals surface area contributed by atoms with E-state index in [1.807, 2.05) is 0 Å². The van der Waals surface area contributed by atoms with Gasteiger partial charge in [0.1, 0.15) is 0 Å². The normalized spacial score (nSPS) is 10.7. The maximum absolute atomic E-state index is 10.2. The van der Waals surface area contributed by atoms with Crippen LogP contribution in [-0.4, -0.2) is 17.0 Å². The average molecular weight is 470 g/mol. The Hall–Kier alpha value is -0.360. The first-order valence-electron chi connectivity index (χ1n) is 9.25. The Kier molecular flexibility index (Phi) is 23.0. The number of carbonyl (C=O) groups is 2. The van der Waals surface area contributed by atoms with Crippen LogP contribution in [0.5, 0.6) is 0 Å². The Morgan fingerprint density at radius 1 is 0.731 bits per heavy atom. The summed E-state index contributed by atoms with van der Waals surface area (Å²) >= 11 is 0. The van der Waals surface area contributed by atoms with Gasteiger partial charge < -0.3 is 20.5 Å². The van der Waals surface area contributed by atoms with Crippen molar-refractivity contribution in [1.82, 2.24) is 0 Å². The van der Waals surface area contributed by atoms with E-state index >= 15 is 0 Å². The van der Waals surface area contributed by atoms with Gasteiger partial charge in [-0.05, 0) is 42.9 Å². The van der Waals surface area contributed by atoms with Gasteiger partial charge in [-0.3, -0.25) is 4.79 Å². The predicted octanol–water partition coefficient (Wildman–Crippen LogP) is 3.88. The van der Waals surface area contributed by atoms with Crippen LogP contribution in [0.2, 0.25) is 0 Å². The zero-order valence-corrected chi connectivity index (χ0v) is 19.1. The molecule has 0 aromatic carbocycles. The molecule has 4 N–H and O–H groups in total. The molecule has 26 heavy (non-hydrogen) atoms. The third-order valence-corrected chi connectivity index (χ3v) is 3.63. The molecule has 0 saturated carbocycles. The van der Waals surface area contributed by atoms with Crippen LogP contribution in [0.1, 0.15) is 106 Å². The molecule has 0 spiro atoms. The van der Waals surface area contributed by atoms with Gasteiger partial charge in [0.2, 0.25) is 0 Å². The van der Waals surface area contributed by atoms with Crippen LogP contribution in [0.3, 0.4) is 0 Å². The number of hydrogen-bond acceptors (Lipinski definition) is 3. The van der Waals surface area contributed by atoms with E-state index in [0.717, 1.165) is 38.5 Å². The summed E-state index contributed by atoms with van der Waals surface area (Å²) in [6, 6.07) is 0. The monoisotopic (exact) mass is 469 g/mol. The van der Waals surface area contributed by atoms with Gasteiger partial charge in [-0.1, -0.05) is 67.2 Å². The average Bonchev–Trinajstić information content (AvgIpc) is 2.35. The van der Waals surface area contributed by atoms with E-state index in [2.05, 4.69) is 41.5 Å². The number of carboxylic acids is 2. The molecular formula is C20H42AgO5+. The van der Waals surface area contributed by atoms with Crippen molar-refractivity contribution < 1.29 is 47.7 Å². The summed E-state index contributed by atoms with van der Waals surface area (Å²) in [6.07, 6.45) is 8.80. The van der Waals surface area contributed by atoms with Crippen LogP contribution >= 0.6 is 0 Å². The summed E-state index contributed by atoms with van der Waals surface area (Å²) in [6.45, 7) is 13.2. The second kappa shape index (κ2) is 18.0. The molecule has 0 fully saturated rings. The largest absolute Gasteiger partial charge is 1.00 e. The van der Waals surface area contributed by atoms with Crippen LogP contribution in [0.15, 0.2) is 0 Å². The molecule has 0 aromatic heterocycles. The first-order valence-corrected chi connectivity index (χ1v) is 9.25. The van der Waals surface area contributed by atoms with Crippen molar-refractivity contribution >= 4 is 11.9 Å². The molecule has 162 valence electrons. The van der Waals surface area contributed by atoms with Gasteiger partial charge in [0.15, 0.2) is 0 Å². The van der Waals surface area contributed by atoms with Crippen LogP contribution in [-0.2, 0) is 37.4 Å². The second-order valence-electron chi connectivity index (χ2n) is 9.01. The van der Waals surface area contributed by atoms with E-state index in [0.29, 0.717) is 17.3 Å². The number of unbranched alkanes of at least 4 members (excludes halogenated alkanes) is 4. The van der Waals surface area contributed by atoms with Crippen LogP contribution < -0.4 is 5.11 Å². The van der Waals surface area contributed by atoms with Gasteiger partial charge in [-0.25, -0.2) is 0 Å². The van der Waals surface area contributed by atoms with Crippen molar-refractivity contribution in [3.05, 3.63) is 0 Å². The number of aliphatic carboxylic acids is 2. The molecule has 0 bridgehead atoms. The number of rotatable bonds is 10. The molecule has 0 aliphatic rings. The minimum absolute atomic E-state index is 0. The summed E-state index contributed by atoms with van der Waals surface area (Å²) in [4.78, 5) is 20.2. The molecule has 0 unspecified atom stereocenters. The summed E-state index contributed by atoms with van der Waals surface area (Å²) in [5.41, 5.74) is 0.769. The Morgan fingerprint density at radius 2 is 1.08 bits per heavy atom. The van der Waals surface area contributed by atoms with E-state index in [-0.39, 0.29) is 34.3 Å². The molecule has 0 aromatic rings. The van der Waals surface area contributed by atoms with Crippen LogP contribution in [0, 0.1) is 10.8 Å². The summed E-state index contributed by atoms with van der Waals surface area (Å²) in [5.74, 6) is -1.60. The minimum atomic E-state index is -0.925. The summed E-state index contributed by atoms with van der Waals surface area (Å²) < 4.78 is 0. The van der Waals surface area contributed by atoms with Crippen molar-refractivity contribution in [3.8, 4) is 0 Å². The first kappa shape index (κ1) is 33.2. The van der Waals surface area contributed by atoms with E-state index in [1.54, 1.807) is 0 Å². The second-order valence-corrected chi connectivity index (χ2v) is 9.01. The van der Waals surface area contributed by atoms with Gasteiger partial charge in [-0.15, -0.1) is 0 Å². The molecule has 0 saturated heterocycles. The quantitative estimate of drug-likeness (QED) is 0.297. The SMILES string of the molecule is CC(C)(C)CCCCCC(=O)O.CC(C)(C)CCCCCC(=O)[O-].[Ag+].[OH3+]. The third-order valence-electron chi connectivity index (χ3n) is 3.63. The zero-order chi connectivity index (χ0) is 19.2. The standard InChI is InChI=1S/2C10H20O2.Ag.H2O/c2*1-10(2,3)8-6-4-5-7-9(11)12;;/h2*4-8H2,1-3H3,(H,11,12);;1H2/q;;+1;. The first-order chi connectivity index (χ1) is 10.8. The van der Waals surface area contributed by atoms with Gasteiger partial charge in [0, 0.05) is 12.4 Å². The fraction of sp³-hybridized carbons (Fsp3) is 0.900. The van der Waals surface area contributed by atoms with Gasteiger partial charge in [0.25, 0.3) is 0 Å². The van der Waals surface area contributed by atoms with E-state index in [4.69, 9.17) is 5.11 Å². The summed E-state index contributed by atoms with van der Waals surface area (Å²) in [7, 11) is 0. The van der Waals surface area contributed by atoms with E-state index in [1.165, 1.54) is 12.8 Å². The molecular weight excluding hydrogens is 428 g/mol. The molecule has 5 nitrogen and oxygen atoms in total. The molecule has 0 atom stereocenters. The fourth-order valence-electron chi connectivity index (χ4n) is 2.21. The fourth-order valence-corrected chi connectivity index (χ4v) is 2.21. The van der Waals surface area contributed by atoms with E-state index < -0.39 is 11.9 Å². The maximum atomic E-state index is 10.2. The Morgan fingerprint density at radius 3 is 1.35 bits per heavy atom. The molecule has 0 rings (SSSR count). The topological polar surface area (TPSA) is 110 Å². The Bertz CT molecular complexity index is 309. The number of hydrogen-bond donors (Lipinski definition) is 1. The molecule has 0 heterocycles.